The van der Waals surface area contributed by atoms with Crippen molar-refractivity contribution >= 4 is 0 Å². The summed E-state index contributed by atoms with van der Waals surface area (Å²) in [5.41, 5.74) is 4.70. The van der Waals surface area contributed by atoms with Gasteiger partial charge in [-0.25, -0.2) is 0 Å². The van der Waals surface area contributed by atoms with Crippen molar-refractivity contribution in [1.29, 1.82) is 0 Å². The standard InChI is InChI=1S/C20H32O/c1-14(2)18-9-11-20(5)10-8-16(4)13-17(21)12-15(3)6-7-19(18)20/h8-9,12,14,17,19,21H,6-7,10-11,13H2,1-5H3. The highest BCUT2D eigenvalue weighted by Gasteiger charge is 2.39. The van der Waals surface area contributed by atoms with E-state index in [-0.39, 0.29) is 6.10 Å². The Labute approximate surface area is 130 Å². The molecule has 0 saturated heterocycles. The second-order valence-corrected chi connectivity index (χ2v) is 7.85. The van der Waals surface area contributed by atoms with Crippen molar-refractivity contribution in [2.24, 2.45) is 17.3 Å². The fraction of sp³-hybridized carbons (Fsp3) is 0.700. The SMILES string of the molecule is CC1=CC(O)CC(C)=CCC2(C)CC=C(C(C)C)C2CC1. The van der Waals surface area contributed by atoms with Gasteiger partial charge in [-0.15, -0.1) is 0 Å². The fourth-order valence-corrected chi connectivity index (χ4v) is 4.08. The van der Waals surface area contributed by atoms with Crippen molar-refractivity contribution in [2.75, 3.05) is 0 Å². The molecule has 2 aliphatic carbocycles. The molecule has 0 aromatic heterocycles. The van der Waals surface area contributed by atoms with E-state index in [1.54, 1.807) is 5.57 Å². The van der Waals surface area contributed by atoms with E-state index in [9.17, 15) is 5.11 Å². The van der Waals surface area contributed by atoms with Crippen LogP contribution in [0.3, 0.4) is 0 Å². The van der Waals surface area contributed by atoms with Crippen molar-refractivity contribution in [1.82, 2.24) is 0 Å². The lowest BCUT2D eigenvalue weighted by Gasteiger charge is -2.34. The van der Waals surface area contributed by atoms with Crippen LogP contribution < -0.4 is 0 Å². The minimum Gasteiger partial charge on any atom is -0.389 e. The van der Waals surface area contributed by atoms with Crippen LogP contribution in [-0.4, -0.2) is 11.2 Å². The minimum atomic E-state index is -0.313. The van der Waals surface area contributed by atoms with E-state index in [4.69, 9.17) is 0 Å². The lowest BCUT2D eigenvalue weighted by Crippen LogP contribution is -2.25. The molecule has 21 heavy (non-hydrogen) atoms. The van der Waals surface area contributed by atoms with Crippen molar-refractivity contribution in [2.45, 2.75) is 72.8 Å². The van der Waals surface area contributed by atoms with Gasteiger partial charge in [0, 0.05) is 0 Å². The molecule has 0 fully saturated rings. The maximum absolute atomic E-state index is 10.1. The van der Waals surface area contributed by atoms with Crippen LogP contribution >= 0.6 is 0 Å². The lowest BCUT2D eigenvalue weighted by molar-refractivity contribution is 0.222. The molecule has 0 bridgehead atoms. The zero-order valence-electron chi connectivity index (χ0n) is 14.4. The van der Waals surface area contributed by atoms with Crippen LogP contribution in [-0.2, 0) is 0 Å². The first kappa shape index (κ1) is 16.5. The van der Waals surface area contributed by atoms with Crippen LogP contribution in [0.1, 0.15) is 66.7 Å². The first-order chi connectivity index (χ1) is 9.82. The molecule has 3 atom stereocenters. The molecular formula is C20H32O. The van der Waals surface area contributed by atoms with E-state index >= 15 is 0 Å². The molecule has 0 aromatic rings. The highest BCUT2D eigenvalue weighted by atomic mass is 16.3. The number of allylic oxidation sites excluding steroid dienone is 4. The second kappa shape index (κ2) is 6.52. The first-order valence-corrected chi connectivity index (χ1v) is 8.53. The van der Waals surface area contributed by atoms with Crippen molar-refractivity contribution in [3.05, 3.63) is 34.9 Å². The average molecular weight is 288 g/mol. The van der Waals surface area contributed by atoms with Crippen molar-refractivity contribution in [3.8, 4) is 0 Å². The van der Waals surface area contributed by atoms with Crippen molar-refractivity contribution in [3.63, 3.8) is 0 Å². The van der Waals surface area contributed by atoms with Gasteiger partial charge in [-0.05, 0) is 63.2 Å². The Morgan fingerprint density at radius 2 is 1.81 bits per heavy atom. The van der Waals surface area contributed by atoms with Crippen LogP contribution in [0.4, 0.5) is 0 Å². The molecule has 0 saturated carbocycles. The van der Waals surface area contributed by atoms with Gasteiger partial charge in [0.1, 0.15) is 0 Å². The van der Waals surface area contributed by atoms with Crippen LogP contribution in [0.15, 0.2) is 34.9 Å². The van der Waals surface area contributed by atoms with Gasteiger partial charge in [0.05, 0.1) is 6.10 Å². The van der Waals surface area contributed by atoms with E-state index in [1.807, 2.05) is 0 Å². The maximum Gasteiger partial charge on any atom is 0.0760 e. The maximum atomic E-state index is 10.1. The zero-order chi connectivity index (χ0) is 15.6. The summed E-state index contributed by atoms with van der Waals surface area (Å²) in [5.74, 6) is 1.35. The molecule has 3 unspecified atom stereocenters. The van der Waals surface area contributed by atoms with Gasteiger partial charge in [-0.3, -0.25) is 0 Å². The number of fused-ring (bicyclic) bond motifs is 1. The predicted octanol–water partition coefficient (Wildman–Crippen LogP) is 5.42. The Bertz CT molecular complexity index is 466. The smallest absolute Gasteiger partial charge is 0.0760 e. The van der Waals surface area contributed by atoms with E-state index in [1.165, 1.54) is 24.0 Å². The number of aliphatic hydroxyl groups is 1. The molecule has 1 N–H and O–H groups in total. The lowest BCUT2D eigenvalue weighted by atomic mass is 9.70. The number of hydrogen-bond donors (Lipinski definition) is 1. The summed E-state index contributed by atoms with van der Waals surface area (Å²) in [6.45, 7) is 11.5. The Balaban J connectivity index is 2.29. The summed E-state index contributed by atoms with van der Waals surface area (Å²) in [7, 11) is 0. The molecule has 1 nitrogen and oxygen atoms in total. The normalized spacial score (nSPS) is 34.7. The molecule has 0 aliphatic heterocycles. The monoisotopic (exact) mass is 288 g/mol. The van der Waals surface area contributed by atoms with E-state index in [2.05, 4.69) is 52.8 Å². The Hall–Kier alpha value is -0.820. The third-order valence-electron chi connectivity index (χ3n) is 5.47. The molecule has 0 radical (unpaired) electrons. The number of aliphatic hydroxyl groups excluding tert-OH is 1. The summed E-state index contributed by atoms with van der Waals surface area (Å²) in [6.07, 6.45) is 12.1. The first-order valence-electron chi connectivity index (χ1n) is 8.53. The largest absolute Gasteiger partial charge is 0.389 e. The fourth-order valence-electron chi connectivity index (χ4n) is 4.08. The van der Waals surface area contributed by atoms with Crippen LogP contribution in [0, 0.1) is 17.3 Å². The van der Waals surface area contributed by atoms with E-state index in [0.29, 0.717) is 17.3 Å². The van der Waals surface area contributed by atoms with Gasteiger partial charge >= 0.3 is 0 Å². The molecule has 0 heterocycles. The summed E-state index contributed by atoms with van der Waals surface area (Å²) in [6, 6.07) is 0. The summed E-state index contributed by atoms with van der Waals surface area (Å²) in [4.78, 5) is 0. The number of rotatable bonds is 1. The van der Waals surface area contributed by atoms with Gasteiger partial charge in [0.2, 0.25) is 0 Å². The highest BCUT2D eigenvalue weighted by Crippen LogP contribution is 2.50. The molecular weight excluding hydrogens is 256 g/mol. The molecule has 2 aliphatic rings. The Morgan fingerprint density at radius 3 is 2.48 bits per heavy atom. The Kier molecular flexibility index (Phi) is 5.14. The van der Waals surface area contributed by atoms with Gasteiger partial charge in [0.25, 0.3) is 0 Å². The molecule has 0 spiro atoms. The van der Waals surface area contributed by atoms with Crippen molar-refractivity contribution < 1.29 is 5.11 Å². The second-order valence-electron chi connectivity index (χ2n) is 7.85. The number of hydrogen-bond acceptors (Lipinski definition) is 1. The molecule has 1 heteroatoms. The van der Waals surface area contributed by atoms with Crippen LogP contribution in [0.5, 0.6) is 0 Å². The highest BCUT2D eigenvalue weighted by molar-refractivity contribution is 5.23. The third-order valence-corrected chi connectivity index (χ3v) is 5.47. The van der Waals surface area contributed by atoms with Gasteiger partial charge in [0.15, 0.2) is 0 Å². The van der Waals surface area contributed by atoms with E-state index < -0.39 is 0 Å². The summed E-state index contributed by atoms with van der Waals surface area (Å²) in [5, 5.41) is 10.1. The van der Waals surface area contributed by atoms with E-state index in [0.717, 1.165) is 19.3 Å². The van der Waals surface area contributed by atoms with Gasteiger partial charge in [-0.2, -0.15) is 0 Å². The molecule has 118 valence electrons. The molecule has 2 rings (SSSR count). The topological polar surface area (TPSA) is 20.2 Å². The predicted molar refractivity (Wildman–Crippen MR) is 91.1 cm³/mol. The zero-order valence-corrected chi connectivity index (χ0v) is 14.4. The molecule has 0 amide bonds. The van der Waals surface area contributed by atoms with Crippen LogP contribution in [0.2, 0.25) is 0 Å². The summed E-state index contributed by atoms with van der Waals surface area (Å²) >= 11 is 0. The Morgan fingerprint density at radius 1 is 1.14 bits per heavy atom. The molecule has 0 aromatic carbocycles. The van der Waals surface area contributed by atoms with Gasteiger partial charge in [-0.1, -0.05) is 55.7 Å². The van der Waals surface area contributed by atoms with Crippen LogP contribution in [0.25, 0.3) is 0 Å². The quantitative estimate of drug-likeness (QED) is 0.638. The summed E-state index contributed by atoms with van der Waals surface area (Å²) < 4.78 is 0. The minimum absolute atomic E-state index is 0.313. The van der Waals surface area contributed by atoms with Gasteiger partial charge < -0.3 is 5.11 Å². The third kappa shape index (κ3) is 3.88. The average Bonchev–Trinajstić information content (AvgIpc) is 2.70.